The van der Waals surface area contributed by atoms with Gasteiger partial charge in [-0.25, -0.2) is 4.98 Å². The first-order chi connectivity index (χ1) is 7.69. The third-order valence-corrected chi connectivity index (χ3v) is 4.66. The molecule has 2 nitrogen and oxygen atoms in total. The Kier molecular flexibility index (Phi) is 3.85. The number of aryl methyl sites for hydroxylation is 1. The van der Waals surface area contributed by atoms with Crippen molar-refractivity contribution >= 4 is 16.5 Å². The number of hydrogen-bond donors (Lipinski definition) is 1. The Hall–Kier alpha value is -0.570. The van der Waals surface area contributed by atoms with Crippen molar-refractivity contribution in [1.82, 2.24) is 4.98 Å². The summed E-state index contributed by atoms with van der Waals surface area (Å²) in [4.78, 5) is 4.57. The maximum Gasteiger partial charge on any atom is 0.183 e. The molecule has 0 aliphatic heterocycles. The molecule has 2 rings (SSSR count). The van der Waals surface area contributed by atoms with Gasteiger partial charge < -0.3 is 5.32 Å². The van der Waals surface area contributed by atoms with Gasteiger partial charge in [-0.15, -0.1) is 11.3 Å². The van der Waals surface area contributed by atoms with E-state index >= 15 is 0 Å². The van der Waals surface area contributed by atoms with E-state index < -0.39 is 0 Å². The minimum atomic E-state index is 0.641. The van der Waals surface area contributed by atoms with Crippen LogP contribution < -0.4 is 5.32 Å². The van der Waals surface area contributed by atoms with Crippen LogP contribution >= 0.6 is 11.3 Å². The van der Waals surface area contributed by atoms with Crippen LogP contribution in [0.4, 0.5) is 5.13 Å². The van der Waals surface area contributed by atoms with Crippen LogP contribution in [0.15, 0.2) is 5.38 Å². The summed E-state index contributed by atoms with van der Waals surface area (Å²) in [6.45, 7) is 6.90. The summed E-state index contributed by atoms with van der Waals surface area (Å²) >= 11 is 1.75. The van der Waals surface area contributed by atoms with E-state index in [0.29, 0.717) is 6.04 Å². The lowest BCUT2D eigenvalue weighted by atomic mass is 9.79. The van der Waals surface area contributed by atoms with Gasteiger partial charge in [0.1, 0.15) is 0 Å². The first-order valence-electron chi connectivity index (χ1n) is 6.40. The highest BCUT2D eigenvalue weighted by atomic mass is 32.1. The van der Waals surface area contributed by atoms with E-state index in [1.54, 1.807) is 11.3 Å². The number of nitrogens with zero attached hydrogens (tertiary/aromatic N) is 1. The maximum absolute atomic E-state index is 4.57. The van der Waals surface area contributed by atoms with Gasteiger partial charge in [0.15, 0.2) is 5.13 Å². The monoisotopic (exact) mass is 238 g/mol. The van der Waals surface area contributed by atoms with Gasteiger partial charge in [0.05, 0.1) is 5.69 Å². The highest BCUT2D eigenvalue weighted by Gasteiger charge is 2.24. The van der Waals surface area contributed by atoms with Crippen LogP contribution in [0, 0.1) is 11.8 Å². The first-order valence-corrected chi connectivity index (χ1v) is 7.28. The second-order valence-electron chi connectivity index (χ2n) is 5.11. The topological polar surface area (TPSA) is 24.9 Å². The zero-order chi connectivity index (χ0) is 11.5. The van der Waals surface area contributed by atoms with Crippen molar-refractivity contribution in [3.63, 3.8) is 0 Å². The largest absolute Gasteiger partial charge is 0.359 e. The van der Waals surface area contributed by atoms with Crippen LogP contribution in [0.5, 0.6) is 0 Å². The Balaban J connectivity index is 1.90. The van der Waals surface area contributed by atoms with Crippen molar-refractivity contribution in [2.24, 2.45) is 11.8 Å². The minimum absolute atomic E-state index is 0.641. The molecule has 1 saturated carbocycles. The molecule has 1 heterocycles. The maximum atomic E-state index is 4.57. The Morgan fingerprint density at radius 3 is 2.81 bits per heavy atom. The van der Waals surface area contributed by atoms with E-state index in [-0.39, 0.29) is 0 Å². The van der Waals surface area contributed by atoms with E-state index in [1.807, 2.05) is 0 Å². The molecule has 0 saturated heterocycles. The average molecular weight is 238 g/mol. The molecular weight excluding hydrogens is 216 g/mol. The number of thiazole rings is 1. The molecule has 0 spiro atoms. The van der Waals surface area contributed by atoms with E-state index in [2.05, 4.69) is 36.5 Å². The summed E-state index contributed by atoms with van der Waals surface area (Å²) < 4.78 is 0. The van der Waals surface area contributed by atoms with Gasteiger partial charge in [0, 0.05) is 11.4 Å². The Morgan fingerprint density at radius 1 is 1.38 bits per heavy atom. The third-order valence-electron chi connectivity index (χ3n) is 3.84. The zero-order valence-corrected chi connectivity index (χ0v) is 11.3. The van der Waals surface area contributed by atoms with Crippen molar-refractivity contribution in [2.75, 3.05) is 5.32 Å². The van der Waals surface area contributed by atoms with Crippen molar-refractivity contribution in [3.8, 4) is 0 Å². The molecule has 90 valence electrons. The van der Waals surface area contributed by atoms with Gasteiger partial charge in [0.2, 0.25) is 0 Å². The molecule has 0 radical (unpaired) electrons. The van der Waals surface area contributed by atoms with E-state index in [4.69, 9.17) is 0 Å². The summed E-state index contributed by atoms with van der Waals surface area (Å²) in [5.74, 6) is 1.73. The molecule has 0 aromatic carbocycles. The third kappa shape index (κ3) is 2.76. The fraction of sp³-hybridized carbons (Fsp3) is 0.769. The van der Waals surface area contributed by atoms with E-state index in [9.17, 15) is 0 Å². The molecule has 3 unspecified atom stereocenters. The molecule has 1 fully saturated rings. The van der Waals surface area contributed by atoms with Gasteiger partial charge in [-0.1, -0.05) is 20.8 Å². The highest BCUT2D eigenvalue weighted by molar-refractivity contribution is 7.13. The fourth-order valence-corrected chi connectivity index (χ4v) is 3.26. The number of anilines is 1. The molecule has 16 heavy (non-hydrogen) atoms. The van der Waals surface area contributed by atoms with Gasteiger partial charge in [-0.3, -0.25) is 0 Å². The van der Waals surface area contributed by atoms with Gasteiger partial charge in [0.25, 0.3) is 0 Å². The number of rotatable bonds is 3. The van der Waals surface area contributed by atoms with E-state index in [1.165, 1.54) is 25.0 Å². The van der Waals surface area contributed by atoms with Crippen molar-refractivity contribution < 1.29 is 0 Å². The molecule has 0 bridgehead atoms. The van der Waals surface area contributed by atoms with Crippen molar-refractivity contribution in [2.45, 2.75) is 52.5 Å². The molecule has 1 aromatic heterocycles. The van der Waals surface area contributed by atoms with Crippen LogP contribution in [0.1, 0.15) is 45.7 Å². The minimum Gasteiger partial charge on any atom is -0.359 e. The standard InChI is InChI=1S/C13H22N2S/c1-4-11-8-16-13(14-11)15-12-6-5-9(2)10(3)7-12/h8-10,12H,4-7H2,1-3H3,(H,14,15). The lowest BCUT2D eigenvalue weighted by Gasteiger charge is -2.32. The predicted octanol–water partition coefficient (Wildman–Crippen LogP) is 3.94. The molecule has 0 amide bonds. The molecule has 3 heteroatoms. The fourth-order valence-electron chi connectivity index (χ4n) is 2.39. The van der Waals surface area contributed by atoms with Gasteiger partial charge in [-0.05, 0) is 37.5 Å². The van der Waals surface area contributed by atoms with Crippen LogP contribution in [0.25, 0.3) is 0 Å². The first kappa shape index (κ1) is 11.9. The second-order valence-corrected chi connectivity index (χ2v) is 5.96. The Bertz CT molecular complexity index is 334. The summed E-state index contributed by atoms with van der Waals surface area (Å²) in [6.07, 6.45) is 4.98. The number of nitrogens with one attached hydrogen (secondary N) is 1. The van der Waals surface area contributed by atoms with Crippen molar-refractivity contribution in [1.29, 1.82) is 0 Å². The summed E-state index contributed by atoms with van der Waals surface area (Å²) in [5.41, 5.74) is 1.21. The SMILES string of the molecule is CCc1csc(NC2CCC(C)C(C)C2)n1. The molecular formula is C13H22N2S. The second kappa shape index (κ2) is 5.17. The highest BCUT2D eigenvalue weighted by Crippen LogP contribution is 2.31. The quantitative estimate of drug-likeness (QED) is 0.862. The predicted molar refractivity (Wildman–Crippen MR) is 71.1 cm³/mol. The lowest BCUT2D eigenvalue weighted by Crippen LogP contribution is -2.30. The number of hydrogen-bond acceptors (Lipinski definition) is 3. The molecule has 1 aliphatic rings. The normalized spacial score (nSPS) is 30.3. The molecule has 1 aromatic rings. The summed E-state index contributed by atoms with van der Waals surface area (Å²) in [7, 11) is 0. The van der Waals surface area contributed by atoms with Crippen LogP contribution in [-0.4, -0.2) is 11.0 Å². The molecule has 1 N–H and O–H groups in total. The molecule has 1 aliphatic carbocycles. The average Bonchev–Trinajstić information content (AvgIpc) is 2.71. The van der Waals surface area contributed by atoms with E-state index in [0.717, 1.165) is 23.4 Å². The van der Waals surface area contributed by atoms with Gasteiger partial charge >= 0.3 is 0 Å². The summed E-state index contributed by atoms with van der Waals surface area (Å²) in [6, 6.07) is 0.641. The van der Waals surface area contributed by atoms with Crippen LogP contribution in [0.2, 0.25) is 0 Å². The summed E-state index contributed by atoms with van der Waals surface area (Å²) in [5, 5.41) is 6.87. The Morgan fingerprint density at radius 2 is 2.19 bits per heavy atom. The smallest absolute Gasteiger partial charge is 0.183 e. The number of aromatic nitrogens is 1. The van der Waals surface area contributed by atoms with Crippen molar-refractivity contribution in [3.05, 3.63) is 11.1 Å². The van der Waals surface area contributed by atoms with Crippen LogP contribution in [0.3, 0.4) is 0 Å². The zero-order valence-electron chi connectivity index (χ0n) is 10.5. The van der Waals surface area contributed by atoms with Gasteiger partial charge in [-0.2, -0.15) is 0 Å². The molecule has 3 atom stereocenters. The Labute approximate surface area is 102 Å². The lowest BCUT2D eigenvalue weighted by molar-refractivity contribution is 0.261. The van der Waals surface area contributed by atoms with Crippen LogP contribution in [-0.2, 0) is 6.42 Å².